The Labute approximate surface area is 85.0 Å². The van der Waals surface area contributed by atoms with Crippen LogP contribution in [0.3, 0.4) is 0 Å². The summed E-state index contributed by atoms with van der Waals surface area (Å²) in [5.41, 5.74) is 5.28. The van der Waals surface area contributed by atoms with Gasteiger partial charge in [-0.05, 0) is 26.7 Å². The molecule has 80 valence electrons. The van der Waals surface area contributed by atoms with Crippen molar-refractivity contribution < 1.29 is 4.79 Å². The highest BCUT2D eigenvalue weighted by Crippen LogP contribution is 2.29. The maximum atomic E-state index is 11.4. The van der Waals surface area contributed by atoms with Crippen LogP contribution in [0.2, 0.25) is 0 Å². The Hall–Kier alpha value is -1.06. The average Bonchev–Trinajstić information content (AvgIpc) is 2.96. The van der Waals surface area contributed by atoms with E-state index >= 15 is 0 Å². The van der Waals surface area contributed by atoms with Crippen LogP contribution < -0.4 is 11.1 Å². The van der Waals surface area contributed by atoms with E-state index in [2.05, 4.69) is 10.3 Å². The van der Waals surface area contributed by atoms with Crippen molar-refractivity contribution in [3.63, 3.8) is 0 Å². The Morgan fingerprint density at radius 2 is 2.14 bits per heavy atom. The largest absolute Gasteiger partial charge is 0.387 e. The van der Waals surface area contributed by atoms with Gasteiger partial charge in [-0.1, -0.05) is 0 Å². The van der Waals surface area contributed by atoms with E-state index < -0.39 is 5.41 Å². The number of amides is 1. The van der Waals surface area contributed by atoms with Crippen LogP contribution in [0.15, 0.2) is 4.99 Å². The van der Waals surface area contributed by atoms with Gasteiger partial charge >= 0.3 is 0 Å². The maximum Gasteiger partial charge on any atom is 0.227 e. The Bertz CT molecular complexity index is 254. The van der Waals surface area contributed by atoms with Gasteiger partial charge in [0.1, 0.15) is 0 Å². The van der Waals surface area contributed by atoms with Gasteiger partial charge in [-0.3, -0.25) is 9.79 Å². The summed E-state index contributed by atoms with van der Waals surface area (Å²) >= 11 is 0. The van der Waals surface area contributed by atoms with E-state index in [0.717, 1.165) is 12.8 Å². The highest BCUT2D eigenvalue weighted by Gasteiger charge is 2.29. The zero-order valence-corrected chi connectivity index (χ0v) is 9.13. The van der Waals surface area contributed by atoms with Gasteiger partial charge < -0.3 is 11.1 Å². The minimum absolute atomic E-state index is 0.00449. The number of carbonyl (C=O) groups is 1. The number of nitrogens with one attached hydrogen (secondary N) is 1. The lowest BCUT2D eigenvalue weighted by Gasteiger charge is -2.20. The van der Waals surface area contributed by atoms with E-state index in [1.165, 1.54) is 0 Å². The smallest absolute Gasteiger partial charge is 0.227 e. The number of carbonyl (C=O) groups excluding carboxylic acids is 1. The van der Waals surface area contributed by atoms with Gasteiger partial charge in [0.25, 0.3) is 0 Å². The summed E-state index contributed by atoms with van der Waals surface area (Å²) in [7, 11) is 1.64. The highest BCUT2D eigenvalue weighted by atomic mass is 16.2. The van der Waals surface area contributed by atoms with E-state index in [1.807, 2.05) is 13.8 Å². The SMILES string of the molecule is CNC(=O)C(C)(C)CN=C(N)C1CC1. The number of nitrogens with zero attached hydrogens (tertiary/aromatic N) is 1. The van der Waals surface area contributed by atoms with E-state index in [4.69, 9.17) is 5.73 Å². The van der Waals surface area contributed by atoms with E-state index in [9.17, 15) is 4.79 Å². The lowest BCUT2D eigenvalue weighted by molar-refractivity contribution is -0.128. The second-order valence-corrected chi connectivity index (χ2v) is 4.48. The van der Waals surface area contributed by atoms with Crippen molar-refractivity contribution in [2.24, 2.45) is 22.1 Å². The molecule has 3 N–H and O–H groups in total. The minimum Gasteiger partial charge on any atom is -0.387 e. The van der Waals surface area contributed by atoms with Crippen LogP contribution in [0.1, 0.15) is 26.7 Å². The zero-order valence-electron chi connectivity index (χ0n) is 9.13. The molecule has 0 aromatic carbocycles. The predicted molar refractivity (Wildman–Crippen MR) is 57.1 cm³/mol. The Kier molecular flexibility index (Phi) is 3.13. The standard InChI is InChI=1S/C10H19N3O/c1-10(2,9(14)12-3)6-13-8(11)7-4-5-7/h7H,4-6H2,1-3H3,(H2,11,13)(H,12,14). The molecule has 0 bridgehead atoms. The van der Waals surface area contributed by atoms with Gasteiger partial charge in [0, 0.05) is 13.0 Å². The number of amidine groups is 1. The lowest BCUT2D eigenvalue weighted by Crippen LogP contribution is -2.37. The minimum atomic E-state index is -0.464. The average molecular weight is 197 g/mol. The first-order valence-corrected chi connectivity index (χ1v) is 4.99. The van der Waals surface area contributed by atoms with Gasteiger partial charge in [-0.2, -0.15) is 0 Å². The van der Waals surface area contributed by atoms with Crippen molar-refractivity contribution in [3.05, 3.63) is 0 Å². The van der Waals surface area contributed by atoms with Crippen molar-refractivity contribution in [3.8, 4) is 0 Å². The van der Waals surface area contributed by atoms with Crippen molar-refractivity contribution >= 4 is 11.7 Å². The van der Waals surface area contributed by atoms with Crippen LogP contribution in [-0.2, 0) is 4.79 Å². The van der Waals surface area contributed by atoms with Crippen molar-refractivity contribution in [1.82, 2.24) is 5.32 Å². The van der Waals surface area contributed by atoms with Crippen molar-refractivity contribution in [1.29, 1.82) is 0 Å². The Morgan fingerprint density at radius 1 is 1.57 bits per heavy atom. The molecule has 1 aliphatic rings. The molecule has 0 radical (unpaired) electrons. The van der Waals surface area contributed by atoms with Crippen molar-refractivity contribution in [2.75, 3.05) is 13.6 Å². The fourth-order valence-corrected chi connectivity index (χ4v) is 1.21. The summed E-state index contributed by atoms with van der Waals surface area (Å²) in [5.74, 6) is 1.20. The molecule has 4 heteroatoms. The molecule has 1 fully saturated rings. The molecule has 0 aromatic rings. The Morgan fingerprint density at radius 3 is 2.57 bits per heavy atom. The summed E-state index contributed by atoms with van der Waals surface area (Å²) in [4.78, 5) is 15.7. The zero-order chi connectivity index (χ0) is 10.8. The molecular weight excluding hydrogens is 178 g/mol. The summed E-state index contributed by atoms with van der Waals surface area (Å²) in [6.45, 7) is 4.21. The molecular formula is C10H19N3O. The second kappa shape index (κ2) is 3.98. The van der Waals surface area contributed by atoms with Crippen LogP contribution in [0, 0.1) is 11.3 Å². The summed E-state index contributed by atoms with van der Waals surface area (Å²) < 4.78 is 0. The molecule has 0 heterocycles. The second-order valence-electron chi connectivity index (χ2n) is 4.48. The number of hydrogen-bond donors (Lipinski definition) is 2. The molecule has 1 saturated carbocycles. The molecule has 0 aliphatic heterocycles. The number of rotatable bonds is 4. The molecule has 0 unspecified atom stereocenters. The normalized spacial score (nSPS) is 18.1. The van der Waals surface area contributed by atoms with E-state index in [-0.39, 0.29) is 5.91 Å². The summed E-state index contributed by atoms with van der Waals surface area (Å²) in [5, 5.41) is 2.62. The van der Waals surface area contributed by atoms with E-state index in [0.29, 0.717) is 18.3 Å². The topological polar surface area (TPSA) is 67.5 Å². The van der Waals surface area contributed by atoms with Gasteiger partial charge in [-0.15, -0.1) is 0 Å². The molecule has 14 heavy (non-hydrogen) atoms. The maximum absolute atomic E-state index is 11.4. The summed E-state index contributed by atoms with van der Waals surface area (Å²) in [6, 6.07) is 0. The molecule has 4 nitrogen and oxygen atoms in total. The van der Waals surface area contributed by atoms with E-state index in [1.54, 1.807) is 7.05 Å². The molecule has 0 spiro atoms. The third-order valence-corrected chi connectivity index (χ3v) is 2.49. The number of hydrogen-bond acceptors (Lipinski definition) is 2. The van der Waals surface area contributed by atoms with Crippen LogP contribution in [-0.4, -0.2) is 25.3 Å². The fraction of sp³-hybridized carbons (Fsp3) is 0.800. The van der Waals surface area contributed by atoms with Gasteiger partial charge in [0.05, 0.1) is 17.8 Å². The molecule has 0 atom stereocenters. The van der Waals surface area contributed by atoms with Gasteiger partial charge in [-0.25, -0.2) is 0 Å². The molecule has 1 rings (SSSR count). The van der Waals surface area contributed by atoms with Crippen LogP contribution in [0.4, 0.5) is 0 Å². The molecule has 1 aliphatic carbocycles. The molecule has 0 aromatic heterocycles. The van der Waals surface area contributed by atoms with Gasteiger partial charge in [0.2, 0.25) is 5.91 Å². The third-order valence-electron chi connectivity index (χ3n) is 2.49. The number of aliphatic imine (C=N–C) groups is 1. The van der Waals surface area contributed by atoms with Crippen molar-refractivity contribution in [2.45, 2.75) is 26.7 Å². The monoisotopic (exact) mass is 197 g/mol. The van der Waals surface area contributed by atoms with Crippen LogP contribution in [0.5, 0.6) is 0 Å². The first-order chi connectivity index (χ1) is 6.47. The Balaban J connectivity index is 2.49. The van der Waals surface area contributed by atoms with Gasteiger partial charge in [0.15, 0.2) is 0 Å². The quantitative estimate of drug-likeness (QED) is 0.510. The third kappa shape index (κ3) is 2.72. The highest BCUT2D eigenvalue weighted by molar-refractivity contribution is 5.86. The first-order valence-electron chi connectivity index (χ1n) is 4.99. The van der Waals surface area contributed by atoms with Crippen LogP contribution in [0.25, 0.3) is 0 Å². The number of nitrogens with two attached hydrogens (primary N) is 1. The lowest BCUT2D eigenvalue weighted by atomic mass is 9.92. The summed E-state index contributed by atoms with van der Waals surface area (Å²) in [6.07, 6.45) is 2.30. The molecule has 1 amide bonds. The van der Waals surface area contributed by atoms with Crippen LogP contribution >= 0.6 is 0 Å². The molecule has 0 saturated heterocycles. The fourth-order valence-electron chi connectivity index (χ4n) is 1.21. The first kappa shape index (κ1) is 11.0. The predicted octanol–water partition coefficient (Wildman–Crippen LogP) is 0.526.